The summed E-state index contributed by atoms with van der Waals surface area (Å²) in [4.78, 5) is 0. The summed E-state index contributed by atoms with van der Waals surface area (Å²) >= 11 is 0. The lowest BCUT2D eigenvalue weighted by Crippen LogP contribution is -2.24. The minimum absolute atomic E-state index is 0.688. The van der Waals surface area contributed by atoms with E-state index in [1.807, 2.05) is 24.3 Å². The van der Waals surface area contributed by atoms with Gasteiger partial charge in [-0.15, -0.1) is 0 Å². The molecular weight excluding hydrogens is 214 g/mol. The van der Waals surface area contributed by atoms with Crippen LogP contribution in [-0.4, -0.2) is 26.3 Å². The summed E-state index contributed by atoms with van der Waals surface area (Å²) in [5.74, 6) is 2.51. The lowest BCUT2D eigenvalue weighted by Gasteiger charge is -2.10. The van der Waals surface area contributed by atoms with E-state index in [4.69, 9.17) is 9.47 Å². The van der Waals surface area contributed by atoms with Crippen molar-refractivity contribution in [2.45, 2.75) is 25.8 Å². The summed E-state index contributed by atoms with van der Waals surface area (Å²) in [6, 6.07) is 8.47. The molecule has 1 saturated carbocycles. The maximum absolute atomic E-state index is 5.69. The maximum atomic E-state index is 5.69. The molecule has 2 unspecified atom stereocenters. The van der Waals surface area contributed by atoms with Crippen LogP contribution in [0.1, 0.15) is 19.8 Å². The van der Waals surface area contributed by atoms with Gasteiger partial charge in [0.05, 0.1) is 7.11 Å². The molecule has 1 aliphatic rings. The number of methoxy groups -OCH3 is 1. The van der Waals surface area contributed by atoms with Crippen molar-refractivity contribution >= 4 is 0 Å². The Balaban J connectivity index is 1.68. The van der Waals surface area contributed by atoms with Crippen molar-refractivity contribution in [3.8, 4) is 11.5 Å². The Hall–Kier alpha value is -1.22. The second-order valence-electron chi connectivity index (χ2n) is 4.46. The molecule has 1 aromatic carbocycles. The van der Waals surface area contributed by atoms with Gasteiger partial charge < -0.3 is 14.8 Å². The molecule has 0 saturated heterocycles. The summed E-state index contributed by atoms with van der Waals surface area (Å²) in [7, 11) is 1.66. The van der Waals surface area contributed by atoms with Gasteiger partial charge in [0.15, 0.2) is 11.5 Å². The zero-order chi connectivity index (χ0) is 12.1. The van der Waals surface area contributed by atoms with Crippen LogP contribution < -0.4 is 14.8 Å². The summed E-state index contributed by atoms with van der Waals surface area (Å²) in [6.45, 7) is 3.84. The highest BCUT2D eigenvalue weighted by molar-refractivity contribution is 5.39. The molecule has 0 radical (unpaired) electrons. The van der Waals surface area contributed by atoms with Gasteiger partial charge in [-0.05, 0) is 24.5 Å². The Labute approximate surface area is 103 Å². The van der Waals surface area contributed by atoms with Crippen molar-refractivity contribution in [2.24, 2.45) is 5.92 Å². The van der Waals surface area contributed by atoms with Gasteiger partial charge in [0.25, 0.3) is 0 Å². The van der Waals surface area contributed by atoms with Crippen LogP contribution in [0.25, 0.3) is 0 Å². The molecular formula is C14H21NO2. The van der Waals surface area contributed by atoms with E-state index in [9.17, 15) is 0 Å². The maximum Gasteiger partial charge on any atom is 0.161 e. The van der Waals surface area contributed by atoms with Crippen molar-refractivity contribution in [3.63, 3.8) is 0 Å². The molecule has 0 amide bonds. The third kappa shape index (κ3) is 3.37. The topological polar surface area (TPSA) is 30.5 Å². The molecule has 3 nitrogen and oxygen atoms in total. The van der Waals surface area contributed by atoms with Crippen LogP contribution in [-0.2, 0) is 0 Å². The van der Waals surface area contributed by atoms with E-state index in [1.165, 1.54) is 12.8 Å². The summed E-state index contributed by atoms with van der Waals surface area (Å²) in [5, 5.41) is 3.50. The first-order chi connectivity index (χ1) is 8.35. The lowest BCUT2D eigenvalue weighted by atomic mass is 10.3. The third-order valence-electron chi connectivity index (χ3n) is 3.28. The summed E-state index contributed by atoms with van der Waals surface area (Å²) < 4.78 is 10.9. The van der Waals surface area contributed by atoms with Gasteiger partial charge in [0.2, 0.25) is 0 Å². The monoisotopic (exact) mass is 235 g/mol. The average Bonchev–Trinajstić information content (AvgIpc) is 3.14. The largest absolute Gasteiger partial charge is 0.493 e. The van der Waals surface area contributed by atoms with Crippen molar-refractivity contribution in [3.05, 3.63) is 24.3 Å². The zero-order valence-electron chi connectivity index (χ0n) is 10.6. The predicted octanol–water partition coefficient (Wildman–Crippen LogP) is 2.46. The van der Waals surface area contributed by atoms with Crippen LogP contribution in [0.4, 0.5) is 0 Å². The van der Waals surface area contributed by atoms with Crippen molar-refractivity contribution < 1.29 is 9.47 Å². The number of nitrogens with one attached hydrogen (secondary N) is 1. The summed E-state index contributed by atoms with van der Waals surface area (Å²) in [5.41, 5.74) is 0. The lowest BCUT2D eigenvalue weighted by molar-refractivity contribution is 0.291. The molecule has 17 heavy (non-hydrogen) atoms. The highest BCUT2D eigenvalue weighted by Gasteiger charge is 2.34. The molecule has 1 fully saturated rings. The first-order valence-electron chi connectivity index (χ1n) is 6.34. The standard InChI is InChI=1S/C14H21NO2/c1-3-11-10-12(11)15-8-9-17-14-7-5-4-6-13(14)16-2/h4-7,11-12,15H,3,8-10H2,1-2H3. The molecule has 0 heterocycles. The van der Waals surface area contributed by atoms with Crippen LogP contribution in [0.2, 0.25) is 0 Å². The molecule has 94 valence electrons. The van der Waals surface area contributed by atoms with Gasteiger partial charge in [0, 0.05) is 12.6 Å². The average molecular weight is 235 g/mol. The molecule has 0 bridgehead atoms. The smallest absolute Gasteiger partial charge is 0.161 e. The van der Waals surface area contributed by atoms with Crippen LogP contribution >= 0.6 is 0 Å². The van der Waals surface area contributed by atoms with Crippen molar-refractivity contribution in [1.82, 2.24) is 5.32 Å². The van der Waals surface area contributed by atoms with E-state index in [2.05, 4.69) is 12.2 Å². The molecule has 2 rings (SSSR count). The number of benzene rings is 1. The van der Waals surface area contributed by atoms with Gasteiger partial charge >= 0.3 is 0 Å². The minimum Gasteiger partial charge on any atom is -0.493 e. The Morgan fingerprint density at radius 3 is 2.71 bits per heavy atom. The Bertz CT molecular complexity index is 354. The number of hydrogen-bond donors (Lipinski definition) is 1. The van der Waals surface area contributed by atoms with Gasteiger partial charge in [-0.3, -0.25) is 0 Å². The van der Waals surface area contributed by atoms with E-state index in [0.29, 0.717) is 6.61 Å². The first kappa shape index (κ1) is 12.2. The zero-order valence-corrected chi connectivity index (χ0v) is 10.6. The Morgan fingerprint density at radius 2 is 2.06 bits per heavy atom. The Kier molecular flexibility index (Phi) is 4.26. The van der Waals surface area contributed by atoms with Gasteiger partial charge in [-0.1, -0.05) is 25.5 Å². The van der Waals surface area contributed by atoms with E-state index in [0.717, 1.165) is 30.0 Å². The van der Waals surface area contributed by atoms with Crippen molar-refractivity contribution in [2.75, 3.05) is 20.3 Å². The van der Waals surface area contributed by atoms with E-state index in [-0.39, 0.29) is 0 Å². The number of hydrogen-bond acceptors (Lipinski definition) is 3. The second kappa shape index (κ2) is 5.92. The molecule has 0 aromatic heterocycles. The molecule has 1 aromatic rings. The van der Waals surface area contributed by atoms with Crippen molar-refractivity contribution in [1.29, 1.82) is 0 Å². The van der Waals surface area contributed by atoms with Gasteiger partial charge in [-0.25, -0.2) is 0 Å². The van der Waals surface area contributed by atoms with Crippen LogP contribution in [0, 0.1) is 5.92 Å². The van der Waals surface area contributed by atoms with Crippen LogP contribution in [0.3, 0.4) is 0 Å². The molecule has 0 aliphatic heterocycles. The first-order valence-corrected chi connectivity index (χ1v) is 6.34. The van der Waals surface area contributed by atoms with E-state index >= 15 is 0 Å². The predicted molar refractivity (Wildman–Crippen MR) is 68.7 cm³/mol. The Morgan fingerprint density at radius 1 is 1.29 bits per heavy atom. The number of para-hydroxylation sites is 2. The second-order valence-corrected chi connectivity index (χ2v) is 4.46. The normalized spacial score (nSPS) is 22.2. The quantitative estimate of drug-likeness (QED) is 0.736. The third-order valence-corrected chi connectivity index (χ3v) is 3.28. The van der Waals surface area contributed by atoms with Gasteiger partial charge in [-0.2, -0.15) is 0 Å². The highest BCUT2D eigenvalue weighted by atomic mass is 16.5. The number of ether oxygens (including phenoxy) is 2. The molecule has 1 N–H and O–H groups in total. The molecule has 1 aliphatic carbocycles. The van der Waals surface area contributed by atoms with E-state index in [1.54, 1.807) is 7.11 Å². The van der Waals surface area contributed by atoms with Gasteiger partial charge in [0.1, 0.15) is 6.61 Å². The number of rotatable bonds is 7. The summed E-state index contributed by atoms with van der Waals surface area (Å²) in [6.07, 6.45) is 2.61. The molecule has 3 heteroatoms. The van der Waals surface area contributed by atoms with Crippen LogP contribution in [0.15, 0.2) is 24.3 Å². The minimum atomic E-state index is 0.688. The molecule has 0 spiro atoms. The highest BCUT2D eigenvalue weighted by Crippen LogP contribution is 2.32. The fraction of sp³-hybridized carbons (Fsp3) is 0.571. The molecule has 2 atom stereocenters. The van der Waals surface area contributed by atoms with Crippen LogP contribution in [0.5, 0.6) is 11.5 Å². The fourth-order valence-electron chi connectivity index (χ4n) is 2.09. The SMILES string of the molecule is CCC1CC1NCCOc1ccccc1OC. The van der Waals surface area contributed by atoms with E-state index < -0.39 is 0 Å². The fourth-order valence-corrected chi connectivity index (χ4v) is 2.09.